The number of anilines is 2. The van der Waals surface area contributed by atoms with Crippen molar-refractivity contribution < 1.29 is 18.1 Å². The van der Waals surface area contributed by atoms with Crippen molar-refractivity contribution in [1.29, 1.82) is 0 Å². The Morgan fingerprint density at radius 1 is 0.967 bits per heavy atom. The summed E-state index contributed by atoms with van der Waals surface area (Å²) in [6.07, 6.45) is 0. The van der Waals surface area contributed by atoms with Crippen LogP contribution >= 0.6 is 23.2 Å². The summed E-state index contributed by atoms with van der Waals surface area (Å²) >= 11 is 11.6. The highest BCUT2D eigenvalue weighted by atomic mass is 35.5. The highest BCUT2D eigenvalue weighted by molar-refractivity contribution is 7.92. The Bertz CT molecular complexity index is 1230. The third kappa shape index (κ3) is 4.88. The van der Waals surface area contributed by atoms with Gasteiger partial charge in [0.1, 0.15) is 5.02 Å². The summed E-state index contributed by atoms with van der Waals surface area (Å²) in [6.45, 7) is 0. The van der Waals surface area contributed by atoms with Gasteiger partial charge in [-0.15, -0.1) is 0 Å². The number of amides is 1. The van der Waals surface area contributed by atoms with Crippen LogP contribution in [0.4, 0.5) is 17.1 Å². The maximum atomic E-state index is 12.7. The van der Waals surface area contributed by atoms with Crippen LogP contribution in [0.15, 0.2) is 71.6 Å². The topological polar surface area (TPSA) is 118 Å². The van der Waals surface area contributed by atoms with Crippen LogP contribution in [0.1, 0.15) is 10.4 Å². The van der Waals surface area contributed by atoms with E-state index in [9.17, 15) is 23.3 Å². The number of halogens is 2. The molecular weight excluding hydrogens is 453 g/mol. The second-order valence-electron chi connectivity index (χ2n) is 5.98. The number of hydrogen-bond acceptors (Lipinski definition) is 5. The zero-order valence-electron chi connectivity index (χ0n) is 15.0. The lowest BCUT2D eigenvalue weighted by atomic mass is 10.1. The summed E-state index contributed by atoms with van der Waals surface area (Å²) in [5.41, 5.74) is -0.0234. The van der Waals surface area contributed by atoms with E-state index in [0.29, 0.717) is 10.7 Å². The fourth-order valence-corrected chi connectivity index (χ4v) is 3.92. The van der Waals surface area contributed by atoms with Gasteiger partial charge in [0.2, 0.25) is 0 Å². The molecule has 0 aromatic heterocycles. The lowest BCUT2D eigenvalue weighted by Crippen LogP contribution is -2.18. The highest BCUT2D eigenvalue weighted by Gasteiger charge is 2.22. The molecule has 8 nitrogen and oxygen atoms in total. The van der Waals surface area contributed by atoms with Crippen LogP contribution in [-0.4, -0.2) is 19.2 Å². The van der Waals surface area contributed by atoms with Crippen molar-refractivity contribution >= 4 is 56.2 Å². The molecule has 0 saturated carbocycles. The number of benzene rings is 3. The van der Waals surface area contributed by atoms with Gasteiger partial charge in [0.15, 0.2) is 0 Å². The molecule has 0 spiro atoms. The van der Waals surface area contributed by atoms with Gasteiger partial charge in [0.25, 0.3) is 21.6 Å². The molecule has 0 heterocycles. The second-order valence-corrected chi connectivity index (χ2v) is 8.51. The molecule has 2 N–H and O–H groups in total. The molecule has 154 valence electrons. The number of nitrogens with zero attached hydrogens (tertiary/aromatic N) is 1. The quantitative estimate of drug-likeness (QED) is 0.394. The smallest absolute Gasteiger partial charge is 0.289 e. The summed E-state index contributed by atoms with van der Waals surface area (Å²) in [6, 6.07) is 15.4. The SMILES string of the molecule is O=C(Nc1ccc(Cl)cc1)c1ccccc1NS(=O)(=O)c1ccc(Cl)c([N+](=O)[O-])c1. The predicted molar refractivity (Wildman–Crippen MR) is 115 cm³/mol. The Balaban J connectivity index is 1.90. The summed E-state index contributed by atoms with van der Waals surface area (Å²) in [5, 5.41) is 14.0. The van der Waals surface area contributed by atoms with Crippen molar-refractivity contribution in [3.8, 4) is 0 Å². The number of nitro groups is 1. The van der Waals surface area contributed by atoms with Crippen LogP contribution in [0.3, 0.4) is 0 Å². The Morgan fingerprint density at radius 2 is 1.63 bits per heavy atom. The molecule has 0 aliphatic heterocycles. The van der Waals surface area contributed by atoms with E-state index in [1.807, 2.05) is 0 Å². The zero-order chi connectivity index (χ0) is 21.9. The van der Waals surface area contributed by atoms with Gasteiger partial charge in [-0.3, -0.25) is 19.6 Å². The first-order valence-corrected chi connectivity index (χ1v) is 10.5. The highest BCUT2D eigenvalue weighted by Crippen LogP contribution is 2.29. The molecule has 3 rings (SSSR count). The van der Waals surface area contributed by atoms with E-state index in [2.05, 4.69) is 10.0 Å². The molecule has 0 bridgehead atoms. The maximum absolute atomic E-state index is 12.7. The fourth-order valence-electron chi connectivity index (χ4n) is 2.50. The number of nitro benzene ring substituents is 1. The van der Waals surface area contributed by atoms with Gasteiger partial charge in [0, 0.05) is 16.8 Å². The van der Waals surface area contributed by atoms with Crippen LogP contribution in [0.2, 0.25) is 10.0 Å². The van der Waals surface area contributed by atoms with Gasteiger partial charge in [0.05, 0.1) is 21.1 Å². The van der Waals surface area contributed by atoms with E-state index in [1.165, 1.54) is 12.1 Å². The summed E-state index contributed by atoms with van der Waals surface area (Å²) in [4.78, 5) is 22.5. The minimum Gasteiger partial charge on any atom is -0.322 e. The maximum Gasteiger partial charge on any atom is 0.289 e. The molecule has 30 heavy (non-hydrogen) atoms. The molecular formula is C19H13Cl2N3O5S. The number of rotatable bonds is 6. The van der Waals surface area contributed by atoms with Gasteiger partial charge >= 0.3 is 0 Å². The molecule has 11 heteroatoms. The fraction of sp³-hybridized carbons (Fsp3) is 0. The predicted octanol–water partition coefficient (Wildman–Crippen LogP) is 4.95. The lowest BCUT2D eigenvalue weighted by Gasteiger charge is -2.13. The Morgan fingerprint density at radius 3 is 2.30 bits per heavy atom. The van der Waals surface area contributed by atoms with Crippen LogP contribution in [0.5, 0.6) is 0 Å². The average molecular weight is 466 g/mol. The van der Waals surface area contributed by atoms with E-state index in [4.69, 9.17) is 23.2 Å². The van der Waals surface area contributed by atoms with Crippen molar-refractivity contribution in [1.82, 2.24) is 0 Å². The van der Waals surface area contributed by atoms with E-state index in [-0.39, 0.29) is 21.2 Å². The van der Waals surface area contributed by atoms with Gasteiger partial charge in [-0.1, -0.05) is 35.3 Å². The van der Waals surface area contributed by atoms with Crippen molar-refractivity contribution in [3.63, 3.8) is 0 Å². The Labute approximate surface area is 181 Å². The van der Waals surface area contributed by atoms with Crippen molar-refractivity contribution in [3.05, 3.63) is 92.5 Å². The van der Waals surface area contributed by atoms with Gasteiger partial charge in [-0.2, -0.15) is 0 Å². The minimum atomic E-state index is -4.23. The molecule has 1 amide bonds. The number of para-hydroxylation sites is 1. The first-order chi connectivity index (χ1) is 14.2. The van der Waals surface area contributed by atoms with Crippen LogP contribution in [0.25, 0.3) is 0 Å². The van der Waals surface area contributed by atoms with E-state index in [0.717, 1.165) is 18.2 Å². The summed E-state index contributed by atoms with van der Waals surface area (Å²) in [7, 11) is -4.23. The van der Waals surface area contributed by atoms with Crippen LogP contribution in [0, 0.1) is 10.1 Å². The molecule has 0 saturated heterocycles. The third-order valence-corrected chi connectivity index (χ3v) is 5.88. The molecule has 3 aromatic rings. The van der Waals surface area contributed by atoms with E-state index in [1.54, 1.807) is 36.4 Å². The van der Waals surface area contributed by atoms with Crippen molar-refractivity contribution in [2.75, 3.05) is 10.0 Å². The summed E-state index contributed by atoms with van der Waals surface area (Å²) in [5.74, 6) is -0.558. The number of nitrogens with one attached hydrogen (secondary N) is 2. The first-order valence-electron chi connectivity index (χ1n) is 8.30. The third-order valence-electron chi connectivity index (χ3n) is 3.94. The number of carbonyl (C=O) groups excluding carboxylic acids is 1. The minimum absolute atomic E-state index is 0.00145. The monoisotopic (exact) mass is 465 g/mol. The molecule has 0 aliphatic carbocycles. The first kappa shape index (κ1) is 21.6. The van der Waals surface area contributed by atoms with Crippen molar-refractivity contribution in [2.45, 2.75) is 4.90 Å². The van der Waals surface area contributed by atoms with Crippen LogP contribution in [-0.2, 0) is 10.0 Å². The van der Waals surface area contributed by atoms with E-state index >= 15 is 0 Å². The molecule has 0 atom stereocenters. The van der Waals surface area contributed by atoms with Crippen LogP contribution < -0.4 is 10.0 Å². The van der Waals surface area contributed by atoms with Crippen molar-refractivity contribution in [2.24, 2.45) is 0 Å². The van der Waals surface area contributed by atoms with Gasteiger partial charge in [-0.05, 0) is 48.5 Å². The Kier molecular flexibility index (Phi) is 6.25. The standard InChI is InChI=1S/C19H13Cl2N3O5S/c20-12-5-7-13(8-6-12)22-19(25)15-3-1-2-4-17(15)23-30(28,29)14-9-10-16(21)18(11-14)24(26)27/h1-11,23H,(H,22,25). The van der Waals surface area contributed by atoms with E-state index < -0.39 is 26.5 Å². The number of carbonyl (C=O) groups is 1. The molecule has 0 aliphatic rings. The lowest BCUT2D eigenvalue weighted by molar-refractivity contribution is -0.384. The zero-order valence-corrected chi connectivity index (χ0v) is 17.3. The summed E-state index contributed by atoms with van der Waals surface area (Å²) < 4.78 is 27.8. The molecule has 3 aromatic carbocycles. The molecule has 0 unspecified atom stereocenters. The number of hydrogen-bond donors (Lipinski definition) is 2. The normalized spacial score (nSPS) is 11.0. The van der Waals surface area contributed by atoms with Gasteiger partial charge < -0.3 is 5.32 Å². The van der Waals surface area contributed by atoms with Gasteiger partial charge in [-0.25, -0.2) is 8.42 Å². The molecule has 0 radical (unpaired) electrons. The molecule has 0 fully saturated rings. The Hall–Kier alpha value is -3.14. The number of sulfonamides is 1. The largest absolute Gasteiger partial charge is 0.322 e. The average Bonchev–Trinajstić information content (AvgIpc) is 2.69. The second kappa shape index (κ2) is 8.70.